The quantitative estimate of drug-likeness (QED) is 0.739. The summed E-state index contributed by atoms with van der Waals surface area (Å²) in [7, 11) is -3.49. The second kappa shape index (κ2) is 8.43. The SMILES string of the molecule is CCS(=O)(=O)N1CC(C(=O)NCCCc2ccccc2)Oc2ccccc21. The summed E-state index contributed by atoms with van der Waals surface area (Å²) in [6.45, 7) is 2.08. The number of benzene rings is 2. The summed E-state index contributed by atoms with van der Waals surface area (Å²) < 4.78 is 31.9. The number of aryl methyl sites for hydroxylation is 1. The molecule has 2 aromatic carbocycles. The van der Waals surface area contributed by atoms with E-state index in [1.807, 2.05) is 18.2 Å². The molecule has 1 aliphatic heterocycles. The van der Waals surface area contributed by atoms with Crippen molar-refractivity contribution in [2.75, 3.05) is 23.1 Å². The Morgan fingerprint density at radius 3 is 2.59 bits per heavy atom. The van der Waals surface area contributed by atoms with Gasteiger partial charge >= 0.3 is 0 Å². The summed E-state index contributed by atoms with van der Waals surface area (Å²) in [6.07, 6.45) is 0.805. The van der Waals surface area contributed by atoms with Crippen LogP contribution in [0, 0.1) is 0 Å². The largest absolute Gasteiger partial charge is 0.476 e. The van der Waals surface area contributed by atoms with E-state index in [4.69, 9.17) is 4.74 Å². The minimum Gasteiger partial charge on any atom is -0.476 e. The molecule has 27 heavy (non-hydrogen) atoms. The number of carbonyl (C=O) groups excluding carboxylic acids is 1. The van der Waals surface area contributed by atoms with Gasteiger partial charge in [0.15, 0.2) is 6.10 Å². The lowest BCUT2D eigenvalue weighted by Gasteiger charge is -2.34. The van der Waals surface area contributed by atoms with Gasteiger partial charge in [-0.2, -0.15) is 0 Å². The van der Waals surface area contributed by atoms with Crippen LogP contribution in [0.15, 0.2) is 54.6 Å². The van der Waals surface area contributed by atoms with E-state index in [0.29, 0.717) is 18.0 Å². The predicted octanol–water partition coefficient (Wildman–Crippen LogP) is 2.35. The Kier molecular flexibility index (Phi) is 6.01. The molecule has 7 heteroatoms. The third-order valence-corrected chi connectivity index (χ3v) is 6.26. The molecule has 1 heterocycles. The van der Waals surface area contributed by atoms with Crippen LogP contribution in [0.25, 0.3) is 0 Å². The van der Waals surface area contributed by atoms with Gasteiger partial charge < -0.3 is 10.1 Å². The predicted molar refractivity (Wildman–Crippen MR) is 105 cm³/mol. The van der Waals surface area contributed by atoms with Crippen molar-refractivity contribution in [3.05, 3.63) is 60.2 Å². The zero-order valence-corrected chi connectivity index (χ0v) is 16.1. The van der Waals surface area contributed by atoms with E-state index in [0.717, 1.165) is 12.8 Å². The average Bonchev–Trinajstić information content (AvgIpc) is 2.71. The molecule has 1 unspecified atom stereocenters. The zero-order chi connectivity index (χ0) is 19.3. The second-order valence-electron chi connectivity index (χ2n) is 6.39. The topological polar surface area (TPSA) is 75.7 Å². The van der Waals surface area contributed by atoms with Crippen LogP contribution in [-0.2, 0) is 21.2 Å². The zero-order valence-electron chi connectivity index (χ0n) is 15.3. The number of hydrogen-bond donors (Lipinski definition) is 1. The Hall–Kier alpha value is -2.54. The number of rotatable bonds is 7. The molecule has 1 atom stereocenters. The number of anilines is 1. The van der Waals surface area contributed by atoms with Gasteiger partial charge in [0.1, 0.15) is 5.75 Å². The number of sulfonamides is 1. The number of ether oxygens (including phenoxy) is 1. The maximum atomic E-state index is 12.5. The van der Waals surface area contributed by atoms with Crippen molar-refractivity contribution in [2.24, 2.45) is 0 Å². The Balaban J connectivity index is 1.62. The van der Waals surface area contributed by atoms with Gasteiger partial charge in [0.25, 0.3) is 5.91 Å². The maximum Gasteiger partial charge on any atom is 0.263 e. The van der Waals surface area contributed by atoms with Gasteiger partial charge in [0.2, 0.25) is 10.0 Å². The van der Waals surface area contributed by atoms with Crippen LogP contribution in [0.4, 0.5) is 5.69 Å². The van der Waals surface area contributed by atoms with Gasteiger partial charge in [-0.25, -0.2) is 8.42 Å². The molecule has 2 aromatic rings. The van der Waals surface area contributed by atoms with Gasteiger partial charge in [0, 0.05) is 6.54 Å². The number of fused-ring (bicyclic) bond motifs is 1. The van der Waals surface area contributed by atoms with Crippen molar-refractivity contribution in [1.29, 1.82) is 0 Å². The first-order valence-corrected chi connectivity index (χ1v) is 10.7. The molecule has 1 amide bonds. The van der Waals surface area contributed by atoms with Crippen molar-refractivity contribution < 1.29 is 17.9 Å². The van der Waals surface area contributed by atoms with Gasteiger partial charge in [-0.3, -0.25) is 9.10 Å². The molecule has 0 radical (unpaired) electrons. The molecular formula is C20H24N2O4S. The van der Waals surface area contributed by atoms with E-state index in [9.17, 15) is 13.2 Å². The minimum absolute atomic E-state index is 0.0162. The molecule has 0 aliphatic carbocycles. The molecule has 0 spiro atoms. The van der Waals surface area contributed by atoms with Crippen molar-refractivity contribution in [3.63, 3.8) is 0 Å². The first-order chi connectivity index (χ1) is 13.0. The van der Waals surface area contributed by atoms with Crippen molar-refractivity contribution in [2.45, 2.75) is 25.9 Å². The monoisotopic (exact) mass is 388 g/mol. The summed E-state index contributed by atoms with van der Waals surface area (Å²) in [5, 5.41) is 2.86. The number of nitrogens with zero attached hydrogens (tertiary/aromatic N) is 1. The molecule has 3 rings (SSSR count). The molecular weight excluding hydrogens is 364 g/mol. The number of amides is 1. The lowest BCUT2D eigenvalue weighted by atomic mass is 10.1. The Labute approximate surface area is 160 Å². The van der Waals surface area contributed by atoms with Crippen LogP contribution in [0.2, 0.25) is 0 Å². The number of hydrogen-bond acceptors (Lipinski definition) is 4. The van der Waals surface area contributed by atoms with Crippen LogP contribution in [0.3, 0.4) is 0 Å². The highest BCUT2D eigenvalue weighted by Gasteiger charge is 2.35. The molecule has 144 valence electrons. The fourth-order valence-electron chi connectivity index (χ4n) is 3.02. The number of carbonyl (C=O) groups is 1. The summed E-state index contributed by atoms with van der Waals surface area (Å²) >= 11 is 0. The summed E-state index contributed by atoms with van der Waals surface area (Å²) in [4.78, 5) is 12.5. The van der Waals surface area contributed by atoms with Gasteiger partial charge in [-0.05, 0) is 37.5 Å². The van der Waals surface area contributed by atoms with E-state index in [1.165, 1.54) is 9.87 Å². The third-order valence-electron chi connectivity index (χ3n) is 4.51. The van der Waals surface area contributed by atoms with E-state index in [1.54, 1.807) is 31.2 Å². The maximum absolute atomic E-state index is 12.5. The Bertz CT molecular complexity index is 884. The van der Waals surface area contributed by atoms with Crippen molar-refractivity contribution >= 4 is 21.6 Å². The lowest BCUT2D eigenvalue weighted by molar-refractivity contribution is -0.127. The molecule has 0 aromatic heterocycles. The standard InChI is InChI=1S/C20H24N2O4S/c1-2-27(24,25)22-15-19(26-18-13-7-6-12-17(18)22)20(23)21-14-8-11-16-9-4-3-5-10-16/h3-7,9-10,12-13,19H,2,8,11,14-15H2,1H3,(H,21,23). The number of para-hydroxylation sites is 2. The van der Waals surface area contributed by atoms with Crippen molar-refractivity contribution in [3.8, 4) is 5.75 Å². The fraction of sp³-hybridized carbons (Fsp3) is 0.350. The Morgan fingerprint density at radius 1 is 1.15 bits per heavy atom. The molecule has 0 fully saturated rings. The highest BCUT2D eigenvalue weighted by Crippen LogP contribution is 2.34. The van der Waals surface area contributed by atoms with E-state index in [-0.39, 0.29) is 18.2 Å². The first kappa shape index (κ1) is 19.2. The molecule has 0 saturated heterocycles. The average molecular weight is 388 g/mol. The van der Waals surface area contributed by atoms with Crippen LogP contribution in [0.5, 0.6) is 5.75 Å². The Morgan fingerprint density at radius 2 is 1.85 bits per heavy atom. The first-order valence-electron chi connectivity index (χ1n) is 9.09. The second-order valence-corrected chi connectivity index (χ2v) is 8.57. The van der Waals surface area contributed by atoms with Crippen molar-refractivity contribution in [1.82, 2.24) is 5.32 Å². The van der Waals surface area contributed by atoms with Gasteiger partial charge in [-0.15, -0.1) is 0 Å². The fourth-order valence-corrected chi connectivity index (χ4v) is 4.15. The van der Waals surface area contributed by atoms with E-state index in [2.05, 4.69) is 17.4 Å². The van der Waals surface area contributed by atoms with Gasteiger partial charge in [-0.1, -0.05) is 42.5 Å². The highest BCUT2D eigenvalue weighted by atomic mass is 32.2. The molecule has 1 N–H and O–H groups in total. The summed E-state index contributed by atoms with van der Waals surface area (Å²) in [5.74, 6) is 0.0753. The normalized spacial score (nSPS) is 16.3. The smallest absolute Gasteiger partial charge is 0.263 e. The number of nitrogens with one attached hydrogen (secondary N) is 1. The van der Waals surface area contributed by atoms with E-state index < -0.39 is 16.1 Å². The van der Waals surface area contributed by atoms with Crippen LogP contribution >= 0.6 is 0 Å². The molecule has 1 aliphatic rings. The minimum atomic E-state index is -3.49. The molecule has 0 bridgehead atoms. The van der Waals surface area contributed by atoms with E-state index >= 15 is 0 Å². The van der Waals surface area contributed by atoms with Gasteiger partial charge in [0.05, 0.1) is 18.0 Å². The molecule has 0 saturated carbocycles. The summed E-state index contributed by atoms with van der Waals surface area (Å²) in [6, 6.07) is 16.9. The summed E-state index contributed by atoms with van der Waals surface area (Å²) in [5.41, 5.74) is 1.70. The highest BCUT2D eigenvalue weighted by molar-refractivity contribution is 7.92. The molecule has 6 nitrogen and oxygen atoms in total. The lowest BCUT2D eigenvalue weighted by Crippen LogP contribution is -2.51. The van der Waals surface area contributed by atoms with Crippen LogP contribution in [0.1, 0.15) is 18.9 Å². The van der Waals surface area contributed by atoms with Crippen LogP contribution < -0.4 is 14.4 Å². The third kappa shape index (κ3) is 4.60. The van der Waals surface area contributed by atoms with Crippen LogP contribution in [-0.4, -0.2) is 39.3 Å².